The van der Waals surface area contributed by atoms with E-state index in [-0.39, 0.29) is 5.78 Å². The summed E-state index contributed by atoms with van der Waals surface area (Å²) in [4.78, 5) is 11.6. The number of hydrogen-bond donors (Lipinski definition) is 0. The normalized spacial score (nSPS) is 14.7. The molecule has 1 aromatic rings. The number of carbonyl (C=O) groups is 1. The number of benzene rings is 1. The highest BCUT2D eigenvalue weighted by Crippen LogP contribution is 2.25. The van der Waals surface area contributed by atoms with E-state index in [2.05, 4.69) is 6.26 Å². The molecule has 0 spiro atoms. The second-order valence-corrected chi connectivity index (χ2v) is 4.92. The molecular weight excluding hydrogens is 220 g/mol. The Kier molecular flexibility index (Phi) is 3.88. The Labute approximate surface area is 100 Å². The summed E-state index contributed by atoms with van der Waals surface area (Å²) in [6.07, 6.45) is 4.73. The van der Waals surface area contributed by atoms with E-state index in [4.69, 9.17) is 4.74 Å². The molecule has 86 valence electrons. The number of fused-ring (bicyclic) bond motifs is 1. The van der Waals surface area contributed by atoms with Crippen molar-refractivity contribution in [2.24, 2.45) is 0 Å². The highest BCUT2D eigenvalue weighted by Gasteiger charge is 2.17. The Hall–Kier alpha value is -0.960. The maximum atomic E-state index is 11.6. The van der Waals surface area contributed by atoms with Crippen LogP contribution in [0.25, 0.3) is 0 Å². The summed E-state index contributed by atoms with van der Waals surface area (Å²) in [6.45, 7) is 0.730. The van der Waals surface area contributed by atoms with Crippen molar-refractivity contribution in [3.05, 3.63) is 29.3 Å². The predicted octanol–water partition coefficient (Wildman–Crippen LogP) is 2.95. The van der Waals surface area contributed by atoms with Gasteiger partial charge < -0.3 is 4.74 Å². The fraction of sp³-hybridized carbons (Fsp3) is 0.462. The fourth-order valence-electron chi connectivity index (χ4n) is 1.96. The molecule has 16 heavy (non-hydrogen) atoms. The zero-order chi connectivity index (χ0) is 11.4. The monoisotopic (exact) mass is 236 g/mol. The molecule has 0 saturated heterocycles. The number of hydrogen-bond acceptors (Lipinski definition) is 3. The Morgan fingerprint density at radius 1 is 1.38 bits per heavy atom. The van der Waals surface area contributed by atoms with Crippen LogP contribution in [-0.4, -0.2) is 24.4 Å². The minimum absolute atomic E-state index is 0.275. The van der Waals surface area contributed by atoms with Gasteiger partial charge in [-0.25, -0.2) is 0 Å². The summed E-state index contributed by atoms with van der Waals surface area (Å²) in [5.74, 6) is 2.16. The lowest BCUT2D eigenvalue weighted by atomic mass is 9.91. The molecule has 0 heterocycles. The van der Waals surface area contributed by atoms with Crippen molar-refractivity contribution in [1.29, 1.82) is 0 Å². The number of aryl methyl sites for hydroxylation is 1. The van der Waals surface area contributed by atoms with Crippen molar-refractivity contribution in [3.63, 3.8) is 0 Å². The number of carbonyl (C=O) groups excluding carboxylic acids is 1. The molecule has 0 atom stereocenters. The molecule has 0 amide bonds. The molecule has 0 unspecified atom stereocenters. The van der Waals surface area contributed by atoms with Gasteiger partial charge in [0.05, 0.1) is 6.61 Å². The molecule has 3 heteroatoms. The van der Waals surface area contributed by atoms with Crippen LogP contribution in [0, 0.1) is 0 Å². The molecule has 2 rings (SSSR count). The lowest BCUT2D eigenvalue weighted by Gasteiger charge is -2.15. The third-order valence-electron chi connectivity index (χ3n) is 2.78. The number of rotatable bonds is 4. The number of thioether (sulfide) groups is 1. The highest BCUT2D eigenvalue weighted by atomic mass is 32.2. The molecule has 0 aromatic heterocycles. The van der Waals surface area contributed by atoms with Crippen molar-refractivity contribution in [3.8, 4) is 5.75 Å². The Morgan fingerprint density at radius 2 is 2.25 bits per heavy atom. The summed E-state index contributed by atoms with van der Waals surface area (Å²) >= 11 is 1.77. The standard InChI is InChI=1S/C13H16O2S/c1-16-8-7-15-11-5-6-12-10(9-11)3-2-4-13(12)14/h5-6,9H,2-4,7-8H2,1H3. The molecule has 2 nitrogen and oxygen atoms in total. The quantitative estimate of drug-likeness (QED) is 0.752. The van der Waals surface area contributed by atoms with Crippen molar-refractivity contribution >= 4 is 17.5 Å². The third-order valence-corrected chi connectivity index (χ3v) is 3.36. The first kappa shape index (κ1) is 11.5. The van der Waals surface area contributed by atoms with Gasteiger partial charge in [0.2, 0.25) is 0 Å². The van der Waals surface area contributed by atoms with Crippen molar-refractivity contribution in [2.45, 2.75) is 19.3 Å². The third kappa shape index (κ3) is 2.59. The van der Waals surface area contributed by atoms with Gasteiger partial charge in [0, 0.05) is 17.7 Å². The van der Waals surface area contributed by atoms with Crippen LogP contribution in [-0.2, 0) is 6.42 Å². The molecule has 0 bridgehead atoms. The number of ketones is 1. The molecule has 1 aromatic carbocycles. The van der Waals surface area contributed by atoms with E-state index in [1.165, 1.54) is 0 Å². The van der Waals surface area contributed by atoms with E-state index in [0.717, 1.165) is 42.1 Å². The molecule has 1 aliphatic rings. The van der Waals surface area contributed by atoms with E-state index in [9.17, 15) is 4.79 Å². The molecule has 0 saturated carbocycles. The summed E-state index contributed by atoms with van der Waals surface area (Å²) in [5, 5.41) is 0. The highest BCUT2D eigenvalue weighted by molar-refractivity contribution is 7.98. The van der Waals surface area contributed by atoms with Crippen molar-refractivity contribution < 1.29 is 9.53 Å². The predicted molar refractivity (Wildman–Crippen MR) is 67.6 cm³/mol. The molecule has 0 radical (unpaired) electrons. The zero-order valence-electron chi connectivity index (χ0n) is 9.49. The van der Waals surface area contributed by atoms with Gasteiger partial charge in [-0.3, -0.25) is 4.79 Å². The van der Waals surface area contributed by atoms with Gasteiger partial charge >= 0.3 is 0 Å². The van der Waals surface area contributed by atoms with Crippen LogP contribution in [0.2, 0.25) is 0 Å². The van der Waals surface area contributed by atoms with Gasteiger partial charge in [0.25, 0.3) is 0 Å². The first-order valence-electron chi connectivity index (χ1n) is 5.59. The number of Topliss-reactive ketones (excluding diaryl/α,β-unsaturated/α-hetero) is 1. The summed E-state index contributed by atoms with van der Waals surface area (Å²) < 4.78 is 5.62. The minimum atomic E-state index is 0.275. The largest absolute Gasteiger partial charge is 0.493 e. The van der Waals surface area contributed by atoms with Crippen molar-refractivity contribution in [1.82, 2.24) is 0 Å². The minimum Gasteiger partial charge on any atom is -0.493 e. The van der Waals surface area contributed by atoms with Crippen LogP contribution in [0.15, 0.2) is 18.2 Å². The molecule has 0 fully saturated rings. The van der Waals surface area contributed by atoms with Crippen LogP contribution in [0.3, 0.4) is 0 Å². The first-order valence-corrected chi connectivity index (χ1v) is 6.98. The summed E-state index contributed by atoms with van der Waals surface area (Å²) in [7, 11) is 0. The Morgan fingerprint density at radius 3 is 3.06 bits per heavy atom. The Bertz CT molecular complexity index is 388. The second kappa shape index (κ2) is 5.39. The molecular formula is C13H16O2S. The van der Waals surface area contributed by atoms with Crippen LogP contribution >= 0.6 is 11.8 Å². The van der Waals surface area contributed by atoms with E-state index < -0.39 is 0 Å². The second-order valence-electron chi connectivity index (χ2n) is 3.94. The first-order chi connectivity index (χ1) is 7.81. The smallest absolute Gasteiger partial charge is 0.163 e. The average Bonchev–Trinajstić information content (AvgIpc) is 2.30. The van der Waals surface area contributed by atoms with Crippen molar-refractivity contribution in [2.75, 3.05) is 18.6 Å². The maximum absolute atomic E-state index is 11.6. The zero-order valence-corrected chi connectivity index (χ0v) is 10.3. The van der Waals surface area contributed by atoms with Gasteiger partial charge in [0.1, 0.15) is 5.75 Å². The molecule has 0 N–H and O–H groups in total. The van der Waals surface area contributed by atoms with Gasteiger partial charge in [-0.05, 0) is 42.9 Å². The van der Waals surface area contributed by atoms with Crippen LogP contribution in [0.4, 0.5) is 0 Å². The summed E-state index contributed by atoms with van der Waals surface area (Å²) in [6, 6.07) is 5.83. The number of ether oxygens (including phenoxy) is 1. The van der Waals surface area contributed by atoms with Crippen LogP contribution in [0.5, 0.6) is 5.75 Å². The van der Waals surface area contributed by atoms with Gasteiger partial charge in [-0.2, -0.15) is 11.8 Å². The maximum Gasteiger partial charge on any atom is 0.163 e. The summed E-state index contributed by atoms with van der Waals surface area (Å²) in [5.41, 5.74) is 2.04. The van der Waals surface area contributed by atoms with Crippen LogP contribution in [0.1, 0.15) is 28.8 Å². The van der Waals surface area contributed by atoms with Gasteiger partial charge in [-0.15, -0.1) is 0 Å². The lowest BCUT2D eigenvalue weighted by Crippen LogP contribution is -2.11. The average molecular weight is 236 g/mol. The molecule has 1 aliphatic carbocycles. The Balaban J connectivity index is 2.09. The fourth-order valence-corrected chi connectivity index (χ4v) is 2.21. The van der Waals surface area contributed by atoms with E-state index in [1.807, 2.05) is 18.2 Å². The van der Waals surface area contributed by atoms with E-state index in [0.29, 0.717) is 6.42 Å². The topological polar surface area (TPSA) is 26.3 Å². The SMILES string of the molecule is CSCCOc1ccc2c(c1)CCCC2=O. The molecule has 0 aliphatic heterocycles. The van der Waals surface area contributed by atoms with Gasteiger partial charge in [0.15, 0.2) is 5.78 Å². The lowest BCUT2D eigenvalue weighted by molar-refractivity contribution is 0.0972. The van der Waals surface area contributed by atoms with Crippen LogP contribution < -0.4 is 4.74 Å². The van der Waals surface area contributed by atoms with E-state index >= 15 is 0 Å². The van der Waals surface area contributed by atoms with Gasteiger partial charge in [-0.1, -0.05) is 0 Å². The van der Waals surface area contributed by atoms with E-state index in [1.54, 1.807) is 11.8 Å².